The van der Waals surface area contributed by atoms with Crippen LogP contribution in [0.25, 0.3) is 0 Å². The maximum atomic E-state index is 13.4. The molecule has 0 amide bonds. The van der Waals surface area contributed by atoms with Gasteiger partial charge in [0.15, 0.2) is 6.29 Å². The molecule has 0 spiro atoms. The molecule has 0 unspecified atom stereocenters. The van der Waals surface area contributed by atoms with Crippen LogP contribution in [-0.2, 0) is 17.9 Å². The van der Waals surface area contributed by atoms with Crippen molar-refractivity contribution >= 4 is 6.29 Å². The standard InChI is InChI=1S/C17H17F2NO/c18-17(19,14-21)13-20(11-15-7-3-1-4-8-15)12-16-9-5-2-6-10-16/h1-10,14H,11-13H2. The number of carbonyl (C=O) groups excluding carboxylic acids is 1. The number of alkyl halides is 2. The second kappa shape index (κ2) is 7.09. The molecule has 21 heavy (non-hydrogen) atoms. The lowest BCUT2D eigenvalue weighted by molar-refractivity contribution is -0.132. The normalized spacial score (nSPS) is 11.6. The summed E-state index contributed by atoms with van der Waals surface area (Å²) in [5, 5.41) is 0. The van der Waals surface area contributed by atoms with Crippen molar-refractivity contribution in [1.29, 1.82) is 0 Å². The average Bonchev–Trinajstić information content (AvgIpc) is 2.49. The van der Waals surface area contributed by atoms with E-state index < -0.39 is 12.5 Å². The summed E-state index contributed by atoms with van der Waals surface area (Å²) in [5.74, 6) is -3.33. The van der Waals surface area contributed by atoms with E-state index in [0.717, 1.165) is 11.1 Å². The number of aldehydes is 1. The van der Waals surface area contributed by atoms with Gasteiger partial charge in [-0.15, -0.1) is 0 Å². The van der Waals surface area contributed by atoms with Gasteiger partial charge in [-0.2, -0.15) is 8.78 Å². The van der Waals surface area contributed by atoms with Crippen molar-refractivity contribution in [3.05, 3.63) is 71.8 Å². The van der Waals surface area contributed by atoms with E-state index in [1.165, 1.54) is 0 Å². The fourth-order valence-electron chi connectivity index (χ4n) is 2.19. The third-order valence-corrected chi connectivity index (χ3v) is 3.10. The van der Waals surface area contributed by atoms with Gasteiger partial charge in [-0.3, -0.25) is 9.69 Å². The summed E-state index contributed by atoms with van der Waals surface area (Å²) in [7, 11) is 0. The Kier molecular flexibility index (Phi) is 5.17. The van der Waals surface area contributed by atoms with Gasteiger partial charge in [0.1, 0.15) is 0 Å². The van der Waals surface area contributed by atoms with Crippen LogP contribution in [0.3, 0.4) is 0 Å². The maximum Gasteiger partial charge on any atom is 0.314 e. The Morgan fingerprint density at radius 1 is 0.857 bits per heavy atom. The number of rotatable bonds is 7. The summed E-state index contributed by atoms with van der Waals surface area (Å²) in [6.45, 7) is 0.165. The van der Waals surface area contributed by atoms with Crippen molar-refractivity contribution < 1.29 is 13.6 Å². The van der Waals surface area contributed by atoms with Crippen molar-refractivity contribution in [1.82, 2.24) is 4.90 Å². The van der Waals surface area contributed by atoms with Gasteiger partial charge in [-0.1, -0.05) is 60.7 Å². The minimum absolute atomic E-state index is 0.282. The lowest BCUT2D eigenvalue weighted by atomic mass is 10.1. The summed E-state index contributed by atoms with van der Waals surface area (Å²) in [6, 6.07) is 18.8. The van der Waals surface area contributed by atoms with Crippen molar-refractivity contribution in [2.45, 2.75) is 19.0 Å². The Morgan fingerprint density at radius 3 is 1.67 bits per heavy atom. The Labute approximate surface area is 123 Å². The Hall–Kier alpha value is -2.07. The molecule has 0 N–H and O–H groups in total. The van der Waals surface area contributed by atoms with Crippen LogP contribution < -0.4 is 0 Å². The van der Waals surface area contributed by atoms with E-state index >= 15 is 0 Å². The molecule has 0 bridgehead atoms. The molecule has 0 saturated carbocycles. The number of hydrogen-bond acceptors (Lipinski definition) is 2. The predicted molar refractivity (Wildman–Crippen MR) is 78.0 cm³/mol. The first kappa shape index (κ1) is 15.3. The van der Waals surface area contributed by atoms with Gasteiger partial charge in [0, 0.05) is 13.1 Å². The van der Waals surface area contributed by atoms with Crippen LogP contribution in [0.5, 0.6) is 0 Å². The van der Waals surface area contributed by atoms with Crippen molar-refractivity contribution in [3.63, 3.8) is 0 Å². The Morgan fingerprint density at radius 2 is 1.29 bits per heavy atom. The van der Waals surface area contributed by atoms with E-state index in [0.29, 0.717) is 13.1 Å². The van der Waals surface area contributed by atoms with E-state index in [4.69, 9.17) is 0 Å². The molecule has 4 heteroatoms. The molecule has 0 atom stereocenters. The molecule has 0 fully saturated rings. The van der Waals surface area contributed by atoms with Gasteiger partial charge in [0.05, 0.1) is 6.54 Å². The van der Waals surface area contributed by atoms with Gasteiger partial charge in [0.25, 0.3) is 0 Å². The molecular formula is C17H17F2NO. The van der Waals surface area contributed by atoms with Gasteiger partial charge >= 0.3 is 5.92 Å². The molecule has 110 valence electrons. The van der Waals surface area contributed by atoms with Crippen LogP contribution in [0, 0.1) is 0 Å². The third-order valence-electron chi connectivity index (χ3n) is 3.10. The van der Waals surface area contributed by atoms with Gasteiger partial charge in [-0.05, 0) is 11.1 Å². The molecule has 0 radical (unpaired) electrons. The van der Waals surface area contributed by atoms with Crippen molar-refractivity contribution in [3.8, 4) is 0 Å². The first-order valence-corrected chi connectivity index (χ1v) is 6.73. The summed E-state index contributed by atoms with van der Waals surface area (Å²) in [5.41, 5.74) is 1.88. The van der Waals surface area contributed by atoms with Crippen LogP contribution >= 0.6 is 0 Å². The first-order chi connectivity index (χ1) is 10.1. The fraction of sp³-hybridized carbons (Fsp3) is 0.235. The highest BCUT2D eigenvalue weighted by Gasteiger charge is 2.31. The van der Waals surface area contributed by atoms with Crippen molar-refractivity contribution in [2.24, 2.45) is 0 Å². The zero-order valence-electron chi connectivity index (χ0n) is 11.6. The van der Waals surface area contributed by atoms with Gasteiger partial charge in [-0.25, -0.2) is 0 Å². The van der Waals surface area contributed by atoms with E-state index in [9.17, 15) is 13.6 Å². The smallest absolute Gasteiger partial charge is 0.297 e. The predicted octanol–water partition coefficient (Wildman–Crippen LogP) is 3.52. The van der Waals surface area contributed by atoms with Gasteiger partial charge in [0.2, 0.25) is 0 Å². The van der Waals surface area contributed by atoms with Crippen LogP contribution in [0.15, 0.2) is 60.7 Å². The lowest BCUT2D eigenvalue weighted by Gasteiger charge is -2.25. The largest absolute Gasteiger partial charge is 0.314 e. The summed E-state index contributed by atoms with van der Waals surface area (Å²) in [4.78, 5) is 12.1. The average molecular weight is 289 g/mol. The lowest BCUT2D eigenvalue weighted by Crippen LogP contribution is -2.37. The molecule has 0 aliphatic rings. The number of halogens is 2. The molecule has 0 heterocycles. The highest BCUT2D eigenvalue weighted by Crippen LogP contribution is 2.17. The van der Waals surface area contributed by atoms with Gasteiger partial charge < -0.3 is 0 Å². The second-order valence-corrected chi connectivity index (χ2v) is 5.00. The minimum Gasteiger partial charge on any atom is -0.297 e. The van der Waals surface area contributed by atoms with Crippen LogP contribution in [0.4, 0.5) is 8.78 Å². The molecule has 0 aromatic heterocycles. The quantitative estimate of drug-likeness (QED) is 0.727. The molecule has 0 saturated heterocycles. The molecular weight excluding hydrogens is 272 g/mol. The molecule has 0 aliphatic carbocycles. The number of nitrogens with zero attached hydrogens (tertiary/aromatic N) is 1. The molecule has 2 nitrogen and oxygen atoms in total. The zero-order valence-corrected chi connectivity index (χ0v) is 11.6. The fourth-order valence-corrected chi connectivity index (χ4v) is 2.19. The van der Waals surface area contributed by atoms with Crippen LogP contribution in [0.2, 0.25) is 0 Å². The Balaban J connectivity index is 2.12. The number of benzene rings is 2. The molecule has 2 aromatic rings. The maximum absolute atomic E-state index is 13.4. The van der Waals surface area contributed by atoms with E-state index in [-0.39, 0.29) is 6.29 Å². The number of hydrogen-bond donors (Lipinski definition) is 0. The monoisotopic (exact) mass is 289 g/mol. The second-order valence-electron chi connectivity index (χ2n) is 5.00. The number of carbonyl (C=O) groups is 1. The SMILES string of the molecule is O=CC(F)(F)CN(Cc1ccccc1)Cc1ccccc1. The third kappa shape index (κ3) is 5.08. The molecule has 2 aromatic carbocycles. The topological polar surface area (TPSA) is 20.3 Å². The highest BCUT2D eigenvalue weighted by molar-refractivity contribution is 5.59. The first-order valence-electron chi connectivity index (χ1n) is 6.73. The van der Waals surface area contributed by atoms with E-state index in [1.807, 2.05) is 60.7 Å². The highest BCUT2D eigenvalue weighted by atomic mass is 19.3. The van der Waals surface area contributed by atoms with Crippen LogP contribution in [-0.4, -0.2) is 23.7 Å². The summed E-state index contributed by atoms with van der Waals surface area (Å²) in [6.07, 6.45) is -0.282. The zero-order chi connectivity index (χ0) is 15.1. The molecule has 2 rings (SSSR count). The van der Waals surface area contributed by atoms with Crippen molar-refractivity contribution in [2.75, 3.05) is 6.54 Å². The van der Waals surface area contributed by atoms with E-state index in [1.54, 1.807) is 4.90 Å². The Bertz CT molecular complexity index is 516. The van der Waals surface area contributed by atoms with Crippen LogP contribution in [0.1, 0.15) is 11.1 Å². The summed E-state index contributed by atoms with van der Waals surface area (Å²) >= 11 is 0. The van der Waals surface area contributed by atoms with E-state index in [2.05, 4.69) is 0 Å². The minimum atomic E-state index is -3.33. The molecule has 0 aliphatic heterocycles. The summed E-state index contributed by atoms with van der Waals surface area (Å²) < 4.78 is 26.8.